The van der Waals surface area contributed by atoms with Crippen LogP contribution < -0.4 is 16.2 Å². The van der Waals surface area contributed by atoms with E-state index in [4.69, 9.17) is 15.3 Å². The van der Waals surface area contributed by atoms with Crippen LogP contribution in [0, 0.1) is 17.8 Å². The molecule has 1 aromatic carbocycles. The van der Waals surface area contributed by atoms with Crippen LogP contribution in [0.25, 0.3) is 0 Å². The number of hydrazine groups is 1. The average Bonchev–Trinajstić information content (AvgIpc) is 2.91. The first-order valence-electron chi connectivity index (χ1n) is 14.1. The molecule has 12 heteroatoms. The molecule has 3 atom stereocenters. The number of carboxylic acid groups (broad SMARTS) is 3. The van der Waals surface area contributed by atoms with Crippen molar-refractivity contribution in [1.82, 2.24) is 10.9 Å². The van der Waals surface area contributed by atoms with Crippen molar-refractivity contribution in [3.8, 4) is 0 Å². The molecule has 1 aromatic rings. The van der Waals surface area contributed by atoms with Gasteiger partial charge in [0, 0.05) is 6.42 Å². The molecule has 0 heterocycles. The molecule has 6 N–H and O–H groups in total. The van der Waals surface area contributed by atoms with Crippen LogP contribution in [0.4, 0.5) is 5.69 Å². The van der Waals surface area contributed by atoms with Gasteiger partial charge in [-0.05, 0) is 43.7 Å². The van der Waals surface area contributed by atoms with E-state index in [0.29, 0.717) is 25.2 Å². The summed E-state index contributed by atoms with van der Waals surface area (Å²) in [4.78, 5) is 67.9. The normalized spacial score (nSPS) is 17.8. The van der Waals surface area contributed by atoms with Crippen molar-refractivity contribution in [2.45, 2.75) is 90.9 Å². The van der Waals surface area contributed by atoms with Crippen LogP contribution in [0.5, 0.6) is 0 Å². The number of rotatable bonds is 14. The Morgan fingerprint density at radius 3 is 1.95 bits per heavy atom. The zero-order valence-corrected chi connectivity index (χ0v) is 23.8. The zero-order valence-electron chi connectivity index (χ0n) is 23.8. The van der Waals surface area contributed by atoms with Gasteiger partial charge in [-0.15, -0.1) is 0 Å². The number of para-hydroxylation sites is 1. The second-order valence-corrected chi connectivity index (χ2v) is 10.4. The second-order valence-electron chi connectivity index (χ2n) is 10.4. The minimum Gasteiger partial charge on any atom is -0.481 e. The third-order valence-corrected chi connectivity index (χ3v) is 6.85. The number of carbonyl (C=O) groups is 6. The van der Waals surface area contributed by atoms with Gasteiger partial charge in [-0.2, -0.15) is 0 Å². The van der Waals surface area contributed by atoms with Crippen molar-refractivity contribution in [2.24, 2.45) is 17.8 Å². The second kappa shape index (κ2) is 19.2. The summed E-state index contributed by atoms with van der Waals surface area (Å²) in [5, 5.41) is 29.0. The topological polar surface area (TPSA) is 199 Å². The molecule has 2 rings (SSSR count). The van der Waals surface area contributed by atoms with E-state index >= 15 is 0 Å². The van der Waals surface area contributed by atoms with Crippen molar-refractivity contribution in [3.63, 3.8) is 0 Å². The molecule has 1 aliphatic rings. The van der Waals surface area contributed by atoms with E-state index in [0.717, 1.165) is 25.7 Å². The van der Waals surface area contributed by atoms with Crippen LogP contribution in [0.3, 0.4) is 0 Å². The molecule has 3 unspecified atom stereocenters. The lowest BCUT2D eigenvalue weighted by molar-refractivity contribution is -0.156. The van der Waals surface area contributed by atoms with Gasteiger partial charge in [0.05, 0.1) is 23.1 Å². The lowest BCUT2D eigenvalue weighted by Crippen LogP contribution is -2.42. The van der Waals surface area contributed by atoms with E-state index in [1.807, 2.05) is 6.92 Å². The molecule has 228 valence electrons. The minimum atomic E-state index is -1.18. The first-order valence-corrected chi connectivity index (χ1v) is 14.1. The summed E-state index contributed by atoms with van der Waals surface area (Å²) >= 11 is 0. The number of aliphatic carboxylic acids is 2. The van der Waals surface area contributed by atoms with Crippen molar-refractivity contribution < 1.29 is 44.1 Å². The fourth-order valence-electron chi connectivity index (χ4n) is 4.56. The van der Waals surface area contributed by atoms with Crippen LogP contribution in [0.1, 0.15) is 101 Å². The number of nitrogens with one attached hydrogen (secondary N) is 3. The van der Waals surface area contributed by atoms with Crippen molar-refractivity contribution in [1.29, 1.82) is 0 Å². The molecule has 12 nitrogen and oxygen atoms in total. The highest BCUT2D eigenvalue weighted by Gasteiger charge is 2.37. The average molecular weight is 578 g/mol. The summed E-state index contributed by atoms with van der Waals surface area (Å²) < 4.78 is 0. The van der Waals surface area contributed by atoms with Gasteiger partial charge in [-0.25, -0.2) is 4.79 Å². The minimum absolute atomic E-state index is 0.0701. The van der Waals surface area contributed by atoms with Crippen molar-refractivity contribution in [3.05, 3.63) is 29.8 Å². The Balaban J connectivity index is 0.000000537. The van der Waals surface area contributed by atoms with E-state index in [1.165, 1.54) is 43.9 Å². The third-order valence-electron chi connectivity index (χ3n) is 6.85. The van der Waals surface area contributed by atoms with Gasteiger partial charge < -0.3 is 20.6 Å². The van der Waals surface area contributed by atoms with Gasteiger partial charge in [0.2, 0.25) is 17.7 Å². The fourth-order valence-corrected chi connectivity index (χ4v) is 4.56. The summed E-state index contributed by atoms with van der Waals surface area (Å²) in [6, 6.07) is 5.89. The van der Waals surface area contributed by atoms with E-state index < -0.39 is 48.0 Å². The summed E-state index contributed by atoms with van der Waals surface area (Å²) in [5.74, 6) is -5.84. The number of carboxylic acids is 3. The Morgan fingerprint density at radius 1 is 0.756 bits per heavy atom. The van der Waals surface area contributed by atoms with Gasteiger partial charge in [-0.3, -0.25) is 34.8 Å². The molecular weight excluding hydrogens is 534 g/mol. The number of hydrogen-bond donors (Lipinski definition) is 6. The Hall–Kier alpha value is -3.96. The van der Waals surface area contributed by atoms with Crippen molar-refractivity contribution in [2.75, 3.05) is 5.32 Å². The largest absolute Gasteiger partial charge is 0.481 e. The molecule has 3 amide bonds. The summed E-state index contributed by atoms with van der Waals surface area (Å²) in [6.45, 7) is 4.13. The Morgan fingerprint density at radius 2 is 1.34 bits per heavy atom. The molecule has 0 aliphatic heterocycles. The van der Waals surface area contributed by atoms with Crippen LogP contribution in [-0.4, -0.2) is 50.9 Å². The Labute approximate surface area is 240 Å². The maximum absolute atomic E-state index is 11.9. The Kier molecular flexibility index (Phi) is 16.4. The fraction of sp³-hybridized carbons (Fsp3) is 0.586. The predicted octanol–water partition coefficient (Wildman–Crippen LogP) is 4.21. The lowest BCUT2D eigenvalue weighted by atomic mass is 9.75. The first kappa shape index (κ1) is 35.1. The number of hydrogen-bond acceptors (Lipinski definition) is 6. The highest BCUT2D eigenvalue weighted by atomic mass is 16.4. The highest BCUT2D eigenvalue weighted by Crippen LogP contribution is 2.34. The molecule has 1 saturated carbocycles. The Bertz CT molecular complexity index is 1040. The number of unbranched alkanes of at least 4 members (excludes halogenated alkanes) is 6. The van der Waals surface area contributed by atoms with E-state index in [-0.39, 0.29) is 17.2 Å². The van der Waals surface area contributed by atoms with E-state index in [1.54, 1.807) is 6.07 Å². The van der Waals surface area contributed by atoms with Gasteiger partial charge in [0.25, 0.3) is 0 Å². The van der Waals surface area contributed by atoms with Gasteiger partial charge in [-0.1, -0.05) is 64.5 Å². The van der Waals surface area contributed by atoms with E-state index in [2.05, 4.69) is 23.1 Å². The standard InChI is InChI=1S/C20H29N3O5.C9H14O4/c1-2-3-4-5-6-7-8-13-17(24)22-23-19(26)14-18(25)21-16-12-10-9-11-15(16)20(27)28;1-5-2-3-6(8(10)11)7(4-5)9(12)13/h9-12H,2-8,13-14H2,1H3,(H,21,25)(H,22,24)(H,23,26)(H,27,28);5-7H,2-4H2,1H3,(H,10,11)(H,12,13). The summed E-state index contributed by atoms with van der Waals surface area (Å²) in [6.07, 6.45) is 9.23. The maximum Gasteiger partial charge on any atom is 0.337 e. The number of amides is 3. The molecule has 0 radical (unpaired) electrons. The maximum atomic E-state index is 11.9. The molecule has 41 heavy (non-hydrogen) atoms. The third kappa shape index (κ3) is 14.3. The lowest BCUT2D eigenvalue weighted by Gasteiger charge is -2.29. The molecule has 1 fully saturated rings. The van der Waals surface area contributed by atoms with Gasteiger partial charge >= 0.3 is 17.9 Å². The van der Waals surface area contributed by atoms with Crippen LogP contribution in [0.2, 0.25) is 0 Å². The van der Waals surface area contributed by atoms with Crippen LogP contribution >= 0.6 is 0 Å². The van der Waals surface area contributed by atoms with E-state index in [9.17, 15) is 28.8 Å². The van der Waals surface area contributed by atoms with Crippen LogP contribution in [0.15, 0.2) is 24.3 Å². The molecule has 0 saturated heterocycles. The van der Waals surface area contributed by atoms with Gasteiger partial charge in [0.1, 0.15) is 6.42 Å². The number of anilines is 1. The number of carbonyl (C=O) groups excluding carboxylic acids is 3. The zero-order chi connectivity index (χ0) is 30.8. The van der Waals surface area contributed by atoms with Crippen LogP contribution in [-0.2, 0) is 24.0 Å². The summed E-state index contributed by atoms with van der Waals surface area (Å²) in [5.41, 5.74) is 4.51. The summed E-state index contributed by atoms with van der Waals surface area (Å²) in [7, 11) is 0. The number of aromatic carboxylic acids is 1. The molecule has 0 bridgehead atoms. The van der Waals surface area contributed by atoms with Gasteiger partial charge in [0.15, 0.2) is 0 Å². The predicted molar refractivity (Wildman–Crippen MR) is 151 cm³/mol. The SMILES string of the molecule is CC1CCC(C(=O)O)C(C(=O)O)C1.CCCCCCCCCC(=O)NNC(=O)CC(=O)Nc1ccccc1C(=O)O. The molecule has 0 spiro atoms. The number of benzene rings is 1. The highest BCUT2D eigenvalue weighted by molar-refractivity contribution is 6.06. The quantitative estimate of drug-likeness (QED) is 0.106. The molecule has 1 aliphatic carbocycles. The smallest absolute Gasteiger partial charge is 0.337 e. The molecule has 0 aromatic heterocycles. The molecular formula is C29H43N3O9. The first-order chi connectivity index (χ1) is 19.5. The monoisotopic (exact) mass is 577 g/mol. The van der Waals surface area contributed by atoms with Crippen molar-refractivity contribution >= 4 is 41.3 Å².